The van der Waals surface area contributed by atoms with Crippen molar-refractivity contribution in [2.75, 3.05) is 7.05 Å². The number of hydrogen-bond donors (Lipinski definition) is 0. The van der Waals surface area contributed by atoms with Gasteiger partial charge in [-0.05, 0) is 0 Å². The topological polar surface area (TPSA) is 29.5 Å². The van der Waals surface area contributed by atoms with Gasteiger partial charge in [0.25, 0.3) is 0 Å². The molecule has 23 heavy (non-hydrogen) atoms. The Morgan fingerprint density at radius 2 is 2.22 bits per heavy atom. The zero-order chi connectivity index (χ0) is 17.0. The molecule has 0 saturated heterocycles. The first-order chi connectivity index (χ1) is 10.8. The van der Waals surface area contributed by atoms with E-state index in [0.717, 1.165) is 6.42 Å². The standard InChI is InChI=1S/C14H20NO2S.C4H9.Sn/c1-14(2,3)17-13(16)15(4)11-6-5-7-12-10(11)8-9-18-12;1-3-4-2;/h8,11H,5-7H2,1-4H3;1,3-4H2,2H3;. The van der Waals surface area contributed by atoms with Crippen molar-refractivity contribution in [2.24, 2.45) is 0 Å². The van der Waals surface area contributed by atoms with Gasteiger partial charge in [0.05, 0.1) is 0 Å². The van der Waals surface area contributed by atoms with Gasteiger partial charge in [0.2, 0.25) is 0 Å². The molecule has 1 aromatic heterocycles. The van der Waals surface area contributed by atoms with Crippen molar-refractivity contribution >= 4 is 41.5 Å². The summed E-state index contributed by atoms with van der Waals surface area (Å²) in [5, 5.41) is 0. The molecule has 0 bridgehead atoms. The average Bonchev–Trinajstić information content (AvgIpc) is 2.87. The summed E-state index contributed by atoms with van der Waals surface area (Å²) >= 11 is 1.61. The van der Waals surface area contributed by atoms with Gasteiger partial charge < -0.3 is 0 Å². The first-order valence-corrected chi connectivity index (χ1v) is 12.9. The Morgan fingerprint density at radius 1 is 1.48 bits per heavy atom. The third-order valence-electron chi connectivity index (χ3n) is 4.06. The van der Waals surface area contributed by atoms with Crippen LogP contribution in [0.1, 0.15) is 69.9 Å². The molecule has 0 aliphatic heterocycles. The van der Waals surface area contributed by atoms with Gasteiger partial charge in [-0.15, -0.1) is 0 Å². The number of hydrogen-bond acceptors (Lipinski definition) is 3. The molecule has 1 unspecified atom stereocenters. The number of carbonyl (C=O) groups is 1. The van der Waals surface area contributed by atoms with Gasteiger partial charge in [0.15, 0.2) is 0 Å². The number of unbranched alkanes of at least 4 members (excludes halogenated alkanes) is 1. The number of fused-ring (bicyclic) bond motifs is 1. The molecular formula is C18H29NO2SSn. The quantitative estimate of drug-likeness (QED) is 0.495. The molecule has 1 aliphatic rings. The predicted octanol–water partition coefficient (Wildman–Crippen LogP) is 4.54. The molecule has 2 rings (SSSR count). The minimum atomic E-state index is -0.433. The Labute approximate surface area is 155 Å². The summed E-state index contributed by atoms with van der Waals surface area (Å²) in [6, 6.07) is 2.62. The molecule has 1 aliphatic carbocycles. The van der Waals surface area contributed by atoms with E-state index in [1.165, 1.54) is 40.6 Å². The fourth-order valence-corrected chi connectivity index (χ4v) is 9.26. The summed E-state index contributed by atoms with van der Waals surface area (Å²) in [6.45, 7) is 8.04. The summed E-state index contributed by atoms with van der Waals surface area (Å²) < 4.78 is 8.64. The second kappa shape index (κ2) is 8.23. The van der Waals surface area contributed by atoms with Crippen LogP contribution in [-0.4, -0.2) is 44.8 Å². The van der Waals surface area contributed by atoms with E-state index in [1.54, 1.807) is 2.89 Å². The van der Waals surface area contributed by atoms with Crippen LogP contribution in [0, 0.1) is 0 Å². The summed E-state index contributed by atoms with van der Waals surface area (Å²) in [6.07, 6.45) is 5.88. The zero-order valence-electron chi connectivity index (χ0n) is 15.1. The number of ether oxygens (including phenoxy) is 1. The van der Waals surface area contributed by atoms with Gasteiger partial charge in [-0.1, -0.05) is 0 Å². The van der Waals surface area contributed by atoms with Crippen molar-refractivity contribution in [1.82, 2.24) is 4.90 Å². The summed E-state index contributed by atoms with van der Waals surface area (Å²) in [7, 11) is 1.89. The van der Waals surface area contributed by atoms with Crippen molar-refractivity contribution in [3.63, 3.8) is 0 Å². The fourth-order valence-electron chi connectivity index (χ4n) is 2.87. The van der Waals surface area contributed by atoms with E-state index in [2.05, 4.69) is 13.0 Å². The van der Waals surface area contributed by atoms with E-state index in [9.17, 15) is 4.79 Å². The van der Waals surface area contributed by atoms with Gasteiger partial charge in [0, 0.05) is 0 Å². The van der Waals surface area contributed by atoms with Crippen molar-refractivity contribution in [3.05, 3.63) is 16.5 Å². The van der Waals surface area contributed by atoms with E-state index in [1.807, 2.05) is 44.1 Å². The van der Waals surface area contributed by atoms with Crippen molar-refractivity contribution in [1.29, 1.82) is 0 Å². The van der Waals surface area contributed by atoms with E-state index in [0.29, 0.717) is 0 Å². The van der Waals surface area contributed by atoms with E-state index < -0.39 is 26.7 Å². The van der Waals surface area contributed by atoms with Gasteiger partial charge in [0.1, 0.15) is 0 Å². The number of amides is 1. The van der Waals surface area contributed by atoms with Crippen LogP contribution in [0.25, 0.3) is 0 Å². The Bertz CT molecular complexity index is 536. The number of carbonyl (C=O) groups excluding carboxylic acids is 1. The summed E-state index contributed by atoms with van der Waals surface area (Å²) in [5.41, 5.74) is 0.971. The summed E-state index contributed by atoms with van der Waals surface area (Å²) in [5.74, 6) is 0. The Morgan fingerprint density at radius 3 is 2.87 bits per heavy atom. The van der Waals surface area contributed by atoms with Crippen LogP contribution < -0.4 is 2.89 Å². The molecule has 0 N–H and O–H groups in total. The van der Waals surface area contributed by atoms with Gasteiger partial charge >= 0.3 is 155 Å². The first-order valence-electron chi connectivity index (χ1n) is 8.64. The van der Waals surface area contributed by atoms with Crippen LogP contribution in [0.3, 0.4) is 0 Å². The maximum atomic E-state index is 12.4. The zero-order valence-corrected chi connectivity index (χ0v) is 18.7. The molecule has 5 heteroatoms. The van der Waals surface area contributed by atoms with Gasteiger partial charge in [-0.25, -0.2) is 0 Å². The molecule has 0 aromatic carbocycles. The average molecular weight is 442 g/mol. The minimum absolute atomic E-state index is 0.198. The monoisotopic (exact) mass is 443 g/mol. The number of thiophene rings is 1. The number of nitrogens with zero attached hydrogens (tertiary/aromatic N) is 1. The van der Waals surface area contributed by atoms with E-state index in [4.69, 9.17) is 4.74 Å². The van der Waals surface area contributed by atoms with Gasteiger partial charge in [-0.3, -0.25) is 0 Å². The van der Waals surface area contributed by atoms with Crippen LogP contribution in [0.4, 0.5) is 4.79 Å². The first kappa shape index (κ1) is 19.1. The molecule has 1 heterocycles. The van der Waals surface area contributed by atoms with Crippen LogP contribution in [0.2, 0.25) is 4.44 Å². The second-order valence-corrected chi connectivity index (χ2v) is 13.4. The molecule has 0 fully saturated rings. The Balaban J connectivity index is 2.09. The van der Waals surface area contributed by atoms with Crippen LogP contribution >= 0.6 is 11.3 Å². The van der Waals surface area contributed by atoms with Gasteiger partial charge in [-0.2, -0.15) is 0 Å². The van der Waals surface area contributed by atoms with Crippen molar-refractivity contribution < 1.29 is 9.53 Å². The molecule has 0 saturated carbocycles. The fraction of sp³-hybridized carbons (Fsp3) is 0.722. The molecule has 3 nitrogen and oxygen atoms in total. The molecule has 1 aromatic rings. The molecule has 1 amide bonds. The van der Waals surface area contributed by atoms with E-state index >= 15 is 0 Å². The van der Waals surface area contributed by atoms with Crippen LogP contribution in [0.5, 0.6) is 0 Å². The summed E-state index contributed by atoms with van der Waals surface area (Å²) in [4.78, 5) is 15.7. The maximum absolute atomic E-state index is 12.4. The van der Waals surface area contributed by atoms with Crippen molar-refractivity contribution in [3.8, 4) is 0 Å². The Kier molecular flexibility index (Phi) is 6.84. The number of rotatable bonds is 5. The van der Waals surface area contributed by atoms with Crippen LogP contribution in [0.15, 0.2) is 6.07 Å². The second-order valence-electron chi connectivity index (χ2n) is 7.27. The predicted molar refractivity (Wildman–Crippen MR) is 99.1 cm³/mol. The molecule has 1 atom stereocenters. The molecule has 0 spiro atoms. The normalized spacial score (nSPS) is 17.7. The third kappa shape index (κ3) is 5.38. The third-order valence-corrected chi connectivity index (χ3v) is 10.1. The SMILES string of the molecule is CCC[CH2][Sn][c]1cc2c(s1)CCCC2N(C)C(=O)OC(C)(C)C. The van der Waals surface area contributed by atoms with Crippen LogP contribution in [-0.2, 0) is 11.2 Å². The molecular weight excluding hydrogens is 413 g/mol. The van der Waals surface area contributed by atoms with E-state index in [-0.39, 0.29) is 12.1 Å². The van der Waals surface area contributed by atoms with Crippen molar-refractivity contribution in [2.45, 2.75) is 75.9 Å². The molecule has 128 valence electrons. The molecule has 2 radical (unpaired) electrons. The Hall–Kier alpha value is -0.231. The number of aryl methyl sites for hydroxylation is 1.